The molecular formula is C84H62N2. The fourth-order valence-electron chi connectivity index (χ4n) is 14.3. The number of hydrogen-bond acceptors (Lipinski definition) is 2. The maximum Gasteiger partial charge on any atom is 0.0546 e. The van der Waals surface area contributed by atoms with Gasteiger partial charge in [0.15, 0.2) is 0 Å². The second kappa shape index (κ2) is 20.1. The van der Waals surface area contributed by atoms with Crippen molar-refractivity contribution in [1.29, 1.82) is 0 Å². The van der Waals surface area contributed by atoms with E-state index in [0.29, 0.717) is 0 Å². The van der Waals surface area contributed by atoms with Crippen LogP contribution in [0.1, 0.15) is 61.1 Å². The predicted octanol–water partition coefficient (Wildman–Crippen LogP) is 23.4. The van der Waals surface area contributed by atoms with Gasteiger partial charge in [-0.05, 0) is 171 Å². The summed E-state index contributed by atoms with van der Waals surface area (Å²) in [5.74, 6) is 0. The molecule has 0 unspecified atom stereocenters. The van der Waals surface area contributed by atoms with E-state index < -0.39 is 0 Å². The molecule has 0 bridgehead atoms. The van der Waals surface area contributed by atoms with Crippen LogP contribution in [-0.4, -0.2) is 0 Å². The van der Waals surface area contributed by atoms with Crippen molar-refractivity contribution in [2.75, 3.05) is 9.80 Å². The highest BCUT2D eigenvalue weighted by molar-refractivity contribution is 6.16. The highest BCUT2D eigenvalue weighted by atomic mass is 15.1. The molecule has 0 heterocycles. The van der Waals surface area contributed by atoms with Gasteiger partial charge in [-0.1, -0.05) is 270 Å². The molecule has 0 aliphatic heterocycles. The molecule has 2 heteroatoms. The lowest BCUT2D eigenvalue weighted by Crippen LogP contribution is -2.16. The summed E-state index contributed by atoms with van der Waals surface area (Å²) in [6, 6.07) is 108. The van der Waals surface area contributed by atoms with Crippen LogP contribution in [0.5, 0.6) is 0 Å². The molecule has 0 saturated carbocycles. The minimum Gasteiger partial charge on any atom is -0.310 e. The minimum atomic E-state index is -0.123. The van der Waals surface area contributed by atoms with E-state index in [0.717, 1.165) is 45.3 Å². The Labute approximate surface area is 503 Å². The summed E-state index contributed by atoms with van der Waals surface area (Å²) < 4.78 is 0. The number of fused-ring (bicyclic) bond motifs is 12. The summed E-state index contributed by atoms with van der Waals surface area (Å²) in [5, 5.41) is 9.92. The highest BCUT2D eigenvalue weighted by Crippen LogP contribution is 2.54. The molecule has 16 rings (SSSR count). The Morgan fingerprint density at radius 2 is 0.547 bits per heavy atom. The SMILES string of the molecule is CC1(C)c2ccccc2-c2ccc(N(c3ccc(-c4ccc(/C=C/c5ccc(-c6ccc(N(c7ccc8c(c7)C(C)(C)c7ccccc7-8)c7cc8ccccc8c8ccccc78)cc6)cc5)cc4)cc3)c3cc4ccccc4c4ccccc34)cc21. The molecule has 2 aliphatic carbocycles. The Hall–Kier alpha value is -10.5. The van der Waals surface area contributed by atoms with Gasteiger partial charge in [0, 0.05) is 44.4 Å². The standard InChI is InChI=1S/C84H62N2/c1-83(2)77-27-15-13-23-71(77)73-49-47-65(53-79(73)83)85(81-51-61-17-5-7-19-67(61)69-21-9-11-25-75(69)81)63-43-39-59(40-44-63)57-35-31-55(32-36-57)29-30-56-33-37-58(38-34-56)60-41-45-64(46-42-60)86(82-52-62-18-6-8-20-68(62)70-22-10-12-26-76(70)82)66-48-50-74-72-24-14-16-28-78(72)84(3,4)80(74)54-66/h5-54H,1-4H3/b30-29+. The molecule has 2 aliphatic rings. The lowest BCUT2D eigenvalue weighted by molar-refractivity contribution is 0.660. The van der Waals surface area contributed by atoms with Crippen molar-refractivity contribution >= 4 is 89.4 Å². The fraction of sp³-hybridized carbons (Fsp3) is 0.0714. The first-order valence-electron chi connectivity index (χ1n) is 30.1. The van der Waals surface area contributed by atoms with Gasteiger partial charge in [-0.15, -0.1) is 0 Å². The molecule has 86 heavy (non-hydrogen) atoms. The summed E-state index contributed by atoms with van der Waals surface area (Å²) in [4.78, 5) is 4.93. The molecular weight excluding hydrogens is 1040 g/mol. The zero-order chi connectivity index (χ0) is 57.7. The largest absolute Gasteiger partial charge is 0.310 e. The second-order valence-corrected chi connectivity index (χ2v) is 24.5. The third-order valence-electron chi connectivity index (χ3n) is 18.8. The molecule has 0 radical (unpaired) electrons. The predicted molar refractivity (Wildman–Crippen MR) is 367 cm³/mol. The van der Waals surface area contributed by atoms with E-state index in [-0.39, 0.29) is 10.8 Å². The van der Waals surface area contributed by atoms with Gasteiger partial charge < -0.3 is 9.80 Å². The maximum absolute atomic E-state index is 2.47. The summed E-state index contributed by atoms with van der Waals surface area (Å²) in [5.41, 5.74) is 24.4. The van der Waals surface area contributed by atoms with E-state index in [9.17, 15) is 0 Å². The molecule has 0 spiro atoms. The maximum atomic E-state index is 2.47. The van der Waals surface area contributed by atoms with Gasteiger partial charge >= 0.3 is 0 Å². The summed E-state index contributed by atoms with van der Waals surface area (Å²) in [7, 11) is 0. The number of rotatable bonds is 10. The number of hydrogen-bond donors (Lipinski definition) is 0. The molecule has 0 aromatic heterocycles. The first-order valence-corrected chi connectivity index (χ1v) is 30.1. The molecule has 0 amide bonds. The van der Waals surface area contributed by atoms with Crippen molar-refractivity contribution in [3.63, 3.8) is 0 Å². The van der Waals surface area contributed by atoms with E-state index in [1.165, 1.54) is 110 Å². The van der Waals surface area contributed by atoms with Gasteiger partial charge in [0.05, 0.1) is 11.4 Å². The van der Waals surface area contributed by atoms with Crippen LogP contribution in [-0.2, 0) is 10.8 Å². The van der Waals surface area contributed by atoms with Gasteiger partial charge in [0.1, 0.15) is 0 Å². The second-order valence-electron chi connectivity index (χ2n) is 24.5. The van der Waals surface area contributed by atoms with Gasteiger partial charge in [-0.3, -0.25) is 0 Å². The minimum absolute atomic E-state index is 0.123. The molecule has 14 aromatic rings. The first kappa shape index (κ1) is 51.1. The Kier molecular flexibility index (Phi) is 11.9. The third kappa shape index (κ3) is 8.39. The van der Waals surface area contributed by atoms with E-state index >= 15 is 0 Å². The van der Waals surface area contributed by atoms with Crippen LogP contribution in [0.3, 0.4) is 0 Å². The van der Waals surface area contributed by atoms with Gasteiger partial charge in [0.25, 0.3) is 0 Å². The van der Waals surface area contributed by atoms with Crippen LogP contribution >= 0.6 is 0 Å². The van der Waals surface area contributed by atoms with Crippen molar-refractivity contribution in [2.24, 2.45) is 0 Å². The average molecular weight is 1100 g/mol. The summed E-state index contributed by atoms with van der Waals surface area (Å²) in [6.45, 7) is 9.45. The number of benzene rings is 14. The first-order chi connectivity index (χ1) is 42.1. The smallest absolute Gasteiger partial charge is 0.0546 e. The molecule has 0 saturated heterocycles. The molecule has 0 N–H and O–H groups in total. The monoisotopic (exact) mass is 1100 g/mol. The zero-order valence-corrected chi connectivity index (χ0v) is 48.8. The Morgan fingerprint density at radius 3 is 0.942 bits per heavy atom. The van der Waals surface area contributed by atoms with Crippen LogP contribution in [0.4, 0.5) is 34.1 Å². The van der Waals surface area contributed by atoms with Gasteiger partial charge in [-0.2, -0.15) is 0 Å². The van der Waals surface area contributed by atoms with Crippen molar-refractivity contribution in [2.45, 2.75) is 38.5 Å². The Balaban J connectivity index is 0.669. The summed E-state index contributed by atoms with van der Waals surface area (Å²) >= 11 is 0. The van der Waals surface area contributed by atoms with Crippen LogP contribution in [0.25, 0.3) is 99.7 Å². The Morgan fingerprint density at radius 1 is 0.244 bits per heavy atom. The van der Waals surface area contributed by atoms with E-state index in [1.54, 1.807) is 0 Å². The van der Waals surface area contributed by atoms with Crippen LogP contribution < -0.4 is 9.80 Å². The van der Waals surface area contributed by atoms with E-state index in [1.807, 2.05) is 0 Å². The van der Waals surface area contributed by atoms with E-state index in [4.69, 9.17) is 0 Å². The third-order valence-corrected chi connectivity index (χ3v) is 18.8. The normalized spacial score (nSPS) is 13.5. The van der Waals surface area contributed by atoms with Crippen molar-refractivity contribution in [1.82, 2.24) is 0 Å². The zero-order valence-electron chi connectivity index (χ0n) is 48.8. The average Bonchev–Trinajstić information content (AvgIpc) is 2.01. The van der Waals surface area contributed by atoms with Gasteiger partial charge in [-0.25, -0.2) is 0 Å². The van der Waals surface area contributed by atoms with Crippen molar-refractivity contribution < 1.29 is 0 Å². The fourth-order valence-corrected chi connectivity index (χ4v) is 14.3. The van der Waals surface area contributed by atoms with E-state index in [2.05, 4.69) is 341 Å². The highest BCUT2D eigenvalue weighted by Gasteiger charge is 2.37. The number of anilines is 6. The molecule has 0 atom stereocenters. The molecule has 2 nitrogen and oxygen atoms in total. The van der Waals surface area contributed by atoms with Gasteiger partial charge in [0.2, 0.25) is 0 Å². The quantitative estimate of drug-likeness (QED) is 0.0995. The lowest BCUT2D eigenvalue weighted by atomic mass is 9.82. The topological polar surface area (TPSA) is 6.48 Å². The molecule has 408 valence electrons. The van der Waals surface area contributed by atoms with Crippen molar-refractivity contribution in [3.05, 3.63) is 325 Å². The van der Waals surface area contributed by atoms with Crippen LogP contribution in [0.15, 0.2) is 291 Å². The Bertz CT molecular complexity index is 4700. The molecule has 14 aromatic carbocycles. The van der Waals surface area contributed by atoms with Crippen molar-refractivity contribution in [3.8, 4) is 44.5 Å². The summed E-state index contributed by atoms with van der Waals surface area (Å²) in [6.07, 6.45) is 4.42. The van der Waals surface area contributed by atoms with Crippen LogP contribution in [0, 0.1) is 0 Å². The number of nitrogens with zero attached hydrogens (tertiary/aromatic N) is 2. The molecule has 0 fully saturated rings. The lowest BCUT2D eigenvalue weighted by Gasteiger charge is -2.29. The van der Waals surface area contributed by atoms with Crippen LogP contribution in [0.2, 0.25) is 0 Å².